The predicted molar refractivity (Wildman–Crippen MR) is 111 cm³/mol. The van der Waals surface area contributed by atoms with Gasteiger partial charge in [0.05, 0.1) is 7.11 Å². The van der Waals surface area contributed by atoms with Crippen molar-refractivity contribution in [3.05, 3.63) is 52.2 Å². The Bertz CT molecular complexity index is 754. The molecule has 0 atom stereocenters. The Kier molecular flexibility index (Phi) is 7.45. The highest BCUT2D eigenvalue weighted by Crippen LogP contribution is 2.13. The Morgan fingerprint density at radius 1 is 1.11 bits per heavy atom. The second-order valence-electron chi connectivity index (χ2n) is 6.84. The van der Waals surface area contributed by atoms with Crippen LogP contribution in [0.5, 0.6) is 5.75 Å². The smallest absolute Gasteiger partial charge is 0.252 e. The monoisotopic (exact) mass is 401 g/mol. The van der Waals surface area contributed by atoms with Crippen LogP contribution in [-0.4, -0.2) is 68.0 Å². The first-order chi connectivity index (χ1) is 13.7. The van der Waals surface area contributed by atoms with Crippen molar-refractivity contribution in [2.75, 3.05) is 46.4 Å². The molecule has 0 spiro atoms. The van der Waals surface area contributed by atoms with Gasteiger partial charge in [0, 0.05) is 56.6 Å². The van der Waals surface area contributed by atoms with Gasteiger partial charge in [-0.15, -0.1) is 0 Å². The van der Waals surface area contributed by atoms with Gasteiger partial charge in [-0.2, -0.15) is 11.3 Å². The predicted octanol–water partition coefficient (Wildman–Crippen LogP) is 2.26. The average molecular weight is 402 g/mol. The van der Waals surface area contributed by atoms with Crippen LogP contribution in [-0.2, 0) is 11.2 Å². The standard InChI is InChI=1S/C21H27N3O3S/c1-27-19-5-2-17(3-6-19)4-7-20(25)24-13-11-23(12-14-24)10-9-22-21(26)18-8-15-28-16-18/h2-3,5-6,8,15-16H,4,7,9-14H2,1H3,(H,22,26). The summed E-state index contributed by atoms with van der Waals surface area (Å²) >= 11 is 1.52. The Balaban J connectivity index is 1.32. The first kappa shape index (κ1) is 20.4. The fourth-order valence-corrected chi connectivity index (χ4v) is 3.88. The van der Waals surface area contributed by atoms with Gasteiger partial charge in [-0.1, -0.05) is 12.1 Å². The lowest BCUT2D eigenvalue weighted by Crippen LogP contribution is -2.50. The van der Waals surface area contributed by atoms with Gasteiger partial charge in [0.15, 0.2) is 0 Å². The summed E-state index contributed by atoms with van der Waals surface area (Å²) in [5.41, 5.74) is 1.87. The van der Waals surface area contributed by atoms with Crippen LogP contribution in [0.2, 0.25) is 0 Å². The van der Waals surface area contributed by atoms with Crippen LogP contribution in [0, 0.1) is 0 Å². The molecule has 2 heterocycles. The largest absolute Gasteiger partial charge is 0.497 e. The molecular formula is C21H27N3O3S. The molecule has 1 aromatic heterocycles. The van der Waals surface area contributed by atoms with Gasteiger partial charge in [0.25, 0.3) is 5.91 Å². The lowest BCUT2D eigenvalue weighted by molar-refractivity contribution is -0.132. The van der Waals surface area contributed by atoms with E-state index in [4.69, 9.17) is 4.74 Å². The Morgan fingerprint density at radius 3 is 2.50 bits per heavy atom. The first-order valence-corrected chi connectivity index (χ1v) is 10.5. The van der Waals surface area contributed by atoms with E-state index in [1.165, 1.54) is 11.3 Å². The highest BCUT2D eigenvalue weighted by atomic mass is 32.1. The molecule has 0 bridgehead atoms. The minimum Gasteiger partial charge on any atom is -0.497 e. The summed E-state index contributed by atoms with van der Waals surface area (Å²) in [6.07, 6.45) is 1.28. The third-order valence-corrected chi connectivity index (χ3v) is 5.69. The van der Waals surface area contributed by atoms with Crippen molar-refractivity contribution >= 4 is 23.2 Å². The third kappa shape index (κ3) is 5.81. The molecular weight excluding hydrogens is 374 g/mol. The van der Waals surface area contributed by atoms with E-state index in [1.807, 2.05) is 46.0 Å². The normalized spacial score (nSPS) is 14.7. The number of carbonyl (C=O) groups is 2. The topological polar surface area (TPSA) is 61.9 Å². The molecule has 6 nitrogen and oxygen atoms in total. The minimum atomic E-state index is -0.0198. The number of nitrogens with zero attached hydrogens (tertiary/aromatic N) is 2. The van der Waals surface area contributed by atoms with Gasteiger partial charge in [-0.05, 0) is 35.6 Å². The first-order valence-electron chi connectivity index (χ1n) is 9.59. The van der Waals surface area contributed by atoms with Gasteiger partial charge in [0.2, 0.25) is 5.91 Å². The van der Waals surface area contributed by atoms with E-state index in [0.29, 0.717) is 13.0 Å². The fourth-order valence-electron chi connectivity index (χ4n) is 3.25. The van der Waals surface area contributed by atoms with E-state index in [0.717, 1.165) is 56.0 Å². The number of nitrogens with one attached hydrogen (secondary N) is 1. The number of thiophene rings is 1. The summed E-state index contributed by atoms with van der Waals surface area (Å²) < 4.78 is 5.16. The average Bonchev–Trinajstić information content (AvgIpc) is 3.28. The Hall–Kier alpha value is -2.38. The second-order valence-corrected chi connectivity index (χ2v) is 7.62. The van der Waals surface area contributed by atoms with Gasteiger partial charge >= 0.3 is 0 Å². The number of carbonyl (C=O) groups excluding carboxylic acids is 2. The quantitative estimate of drug-likeness (QED) is 0.737. The number of amides is 2. The molecule has 1 aromatic carbocycles. The second kappa shape index (κ2) is 10.2. The van der Waals surface area contributed by atoms with Gasteiger partial charge in [-0.25, -0.2) is 0 Å². The molecule has 3 rings (SSSR count). The highest BCUT2D eigenvalue weighted by Gasteiger charge is 2.20. The molecule has 1 aliphatic heterocycles. The zero-order valence-corrected chi connectivity index (χ0v) is 17.0. The van der Waals surface area contributed by atoms with Gasteiger partial charge in [-0.3, -0.25) is 14.5 Å². The Labute approximate surface area is 170 Å². The van der Waals surface area contributed by atoms with Crippen LogP contribution in [0.25, 0.3) is 0 Å². The molecule has 0 saturated carbocycles. The number of rotatable bonds is 8. The molecule has 7 heteroatoms. The molecule has 0 aliphatic carbocycles. The zero-order valence-electron chi connectivity index (χ0n) is 16.2. The molecule has 1 fully saturated rings. The van der Waals surface area contributed by atoms with Crippen molar-refractivity contribution in [1.29, 1.82) is 0 Å². The van der Waals surface area contributed by atoms with E-state index in [1.54, 1.807) is 7.11 Å². The molecule has 2 aromatic rings. The van der Waals surface area contributed by atoms with E-state index in [9.17, 15) is 9.59 Å². The molecule has 1 saturated heterocycles. The SMILES string of the molecule is COc1ccc(CCC(=O)N2CCN(CCNC(=O)c3ccsc3)CC2)cc1. The number of benzene rings is 1. The zero-order chi connectivity index (χ0) is 19.8. The molecule has 1 aliphatic rings. The van der Waals surface area contributed by atoms with E-state index >= 15 is 0 Å². The highest BCUT2D eigenvalue weighted by molar-refractivity contribution is 7.08. The van der Waals surface area contributed by atoms with Gasteiger partial charge < -0.3 is 15.0 Å². The van der Waals surface area contributed by atoms with Crippen LogP contribution in [0.3, 0.4) is 0 Å². The molecule has 150 valence electrons. The summed E-state index contributed by atoms with van der Waals surface area (Å²) in [7, 11) is 1.65. The van der Waals surface area contributed by atoms with Crippen LogP contribution in [0.15, 0.2) is 41.1 Å². The maximum absolute atomic E-state index is 12.5. The molecule has 0 unspecified atom stereocenters. The van der Waals surface area contributed by atoms with E-state index in [-0.39, 0.29) is 11.8 Å². The van der Waals surface area contributed by atoms with Crippen LogP contribution in [0.4, 0.5) is 0 Å². The fraction of sp³-hybridized carbons (Fsp3) is 0.429. The van der Waals surface area contributed by atoms with Crippen molar-refractivity contribution in [2.45, 2.75) is 12.8 Å². The Morgan fingerprint density at radius 2 is 1.86 bits per heavy atom. The van der Waals surface area contributed by atoms with Crippen molar-refractivity contribution in [3.63, 3.8) is 0 Å². The minimum absolute atomic E-state index is 0.0198. The summed E-state index contributed by atoms with van der Waals surface area (Å²) in [6.45, 7) is 4.63. The molecule has 1 N–H and O–H groups in total. The number of ether oxygens (including phenoxy) is 1. The summed E-state index contributed by atoms with van der Waals surface area (Å²) in [5, 5.41) is 6.70. The molecule has 0 radical (unpaired) electrons. The van der Waals surface area contributed by atoms with Gasteiger partial charge in [0.1, 0.15) is 5.75 Å². The molecule has 2 amide bonds. The van der Waals surface area contributed by atoms with E-state index in [2.05, 4.69) is 10.2 Å². The van der Waals surface area contributed by atoms with E-state index < -0.39 is 0 Å². The van der Waals surface area contributed by atoms with Crippen LogP contribution >= 0.6 is 11.3 Å². The number of hydrogen-bond acceptors (Lipinski definition) is 5. The number of methoxy groups -OCH3 is 1. The summed E-state index contributed by atoms with van der Waals surface area (Å²) in [6, 6.07) is 9.70. The van der Waals surface area contributed by atoms with Crippen molar-refractivity contribution in [1.82, 2.24) is 15.1 Å². The number of piperazine rings is 1. The van der Waals surface area contributed by atoms with Crippen LogP contribution < -0.4 is 10.1 Å². The maximum atomic E-state index is 12.5. The lowest BCUT2D eigenvalue weighted by atomic mass is 10.1. The van der Waals surface area contributed by atoms with Crippen LogP contribution in [0.1, 0.15) is 22.3 Å². The van der Waals surface area contributed by atoms with Crippen molar-refractivity contribution in [3.8, 4) is 5.75 Å². The summed E-state index contributed by atoms with van der Waals surface area (Å²) in [4.78, 5) is 28.6. The lowest BCUT2D eigenvalue weighted by Gasteiger charge is -2.34. The number of aryl methyl sites for hydroxylation is 1. The molecule has 28 heavy (non-hydrogen) atoms. The summed E-state index contributed by atoms with van der Waals surface area (Å²) in [5.74, 6) is 1.02. The number of hydrogen-bond donors (Lipinski definition) is 1. The maximum Gasteiger partial charge on any atom is 0.252 e. The third-order valence-electron chi connectivity index (χ3n) is 5.01. The van der Waals surface area contributed by atoms with Crippen molar-refractivity contribution in [2.24, 2.45) is 0 Å². The van der Waals surface area contributed by atoms with Crippen molar-refractivity contribution < 1.29 is 14.3 Å².